The summed E-state index contributed by atoms with van der Waals surface area (Å²) in [6, 6.07) is 8.46. The van der Waals surface area contributed by atoms with Crippen LogP contribution in [-0.2, 0) is 6.42 Å². The fraction of sp³-hybridized carbons (Fsp3) is 0.143. The standard InChI is InChI=1S/C14H11Cl2F2N/c15-10-5-4-8(6-12(10)17)7-13(19)9-2-1-3-11(16)14(9)18/h1-6,13H,7,19H2. The summed E-state index contributed by atoms with van der Waals surface area (Å²) in [7, 11) is 0. The van der Waals surface area contributed by atoms with E-state index in [-0.39, 0.29) is 10.0 Å². The second kappa shape index (κ2) is 5.87. The van der Waals surface area contributed by atoms with Gasteiger partial charge in [0.1, 0.15) is 11.6 Å². The van der Waals surface area contributed by atoms with E-state index in [0.29, 0.717) is 17.5 Å². The van der Waals surface area contributed by atoms with E-state index >= 15 is 0 Å². The van der Waals surface area contributed by atoms with Gasteiger partial charge >= 0.3 is 0 Å². The molecule has 1 atom stereocenters. The van der Waals surface area contributed by atoms with Gasteiger partial charge in [-0.25, -0.2) is 8.78 Å². The molecule has 2 rings (SSSR count). The average Bonchev–Trinajstić information content (AvgIpc) is 2.37. The number of hydrogen-bond acceptors (Lipinski definition) is 1. The molecule has 0 spiro atoms. The first kappa shape index (κ1) is 14.3. The molecule has 0 saturated heterocycles. The van der Waals surface area contributed by atoms with Crippen molar-refractivity contribution in [3.05, 3.63) is 69.2 Å². The van der Waals surface area contributed by atoms with Crippen LogP contribution in [0.25, 0.3) is 0 Å². The Kier molecular flexibility index (Phi) is 4.40. The molecular formula is C14H11Cl2F2N. The molecule has 0 aliphatic carbocycles. The predicted octanol–water partition coefficient (Wildman–Crippen LogP) is 4.51. The van der Waals surface area contributed by atoms with E-state index in [4.69, 9.17) is 28.9 Å². The minimum absolute atomic E-state index is 0.0234. The smallest absolute Gasteiger partial charge is 0.146 e. The van der Waals surface area contributed by atoms with Crippen LogP contribution in [0.2, 0.25) is 10.0 Å². The highest BCUT2D eigenvalue weighted by molar-refractivity contribution is 6.31. The van der Waals surface area contributed by atoms with Crippen molar-refractivity contribution >= 4 is 23.2 Å². The van der Waals surface area contributed by atoms with Crippen LogP contribution in [0.4, 0.5) is 8.78 Å². The van der Waals surface area contributed by atoms with Crippen LogP contribution >= 0.6 is 23.2 Å². The summed E-state index contributed by atoms with van der Waals surface area (Å²) in [6.45, 7) is 0. The van der Waals surface area contributed by atoms with E-state index in [2.05, 4.69) is 0 Å². The zero-order valence-electron chi connectivity index (χ0n) is 9.84. The van der Waals surface area contributed by atoms with Gasteiger partial charge in [-0.15, -0.1) is 0 Å². The highest BCUT2D eigenvalue weighted by atomic mass is 35.5. The van der Waals surface area contributed by atoms with Crippen LogP contribution in [0.3, 0.4) is 0 Å². The van der Waals surface area contributed by atoms with Crippen molar-refractivity contribution in [3.8, 4) is 0 Å². The lowest BCUT2D eigenvalue weighted by Gasteiger charge is -2.14. The molecule has 0 aliphatic heterocycles. The lowest BCUT2D eigenvalue weighted by molar-refractivity contribution is 0.579. The van der Waals surface area contributed by atoms with Crippen LogP contribution in [0, 0.1) is 11.6 Å². The summed E-state index contributed by atoms with van der Waals surface area (Å²) >= 11 is 11.3. The maximum atomic E-state index is 13.8. The average molecular weight is 302 g/mol. The van der Waals surface area contributed by atoms with Crippen LogP contribution in [-0.4, -0.2) is 0 Å². The maximum absolute atomic E-state index is 13.8. The van der Waals surface area contributed by atoms with Gasteiger partial charge in [-0.05, 0) is 30.2 Å². The molecule has 1 unspecified atom stereocenters. The number of rotatable bonds is 3. The van der Waals surface area contributed by atoms with Gasteiger partial charge in [0.25, 0.3) is 0 Å². The summed E-state index contributed by atoms with van der Waals surface area (Å²) in [5, 5.41) is 0.0708. The van der Waals surface area contributed by atoms with Gasteiger partial charge in [0.2, 0.25) is 0 Å². The molecule has 2 aromatic carbocycles. The largest absolute Gasteiger partial charge is 0.324 e. The van der Waals surface area contributed by atoms with Gasteiger partial charge in [-0.1, -0.05) is 41.4 Å². The Balaban J connectivity index is 2.23. The fourth-order valence-electron chi connectivity index (χ4n) is 1.84. The third kappa shape index (κ3) is 3.24. The van der Waals surface area contributed by atoms with Gasteiger partial charge in [0.15, 0.2) is 0 Å². The van der Waals surface area contributed by atoms with Crippen molar-refractivity contribution in [2.45, 2.75) is 12.5 Å². The van der Waals surface area contributed by atoms with Gasteiger partial charge in [-0.2, -0.15) is 0 Å². The van der Waals surface area contributed by atoms with Crippen LogP contribution in [0.15, 0.2) is 36.4 Å². The summed E-state index contributed by atoms with van der Waals surface area (Å²) in [5.74, 6) is -1.05. The highest BCUT2D eigenvalue weighted by Gasteiger charge is 2.14. The summed E-state index contributed by atoms with van der Waals surface area (Å²) in [4.78, 5) is 0. The monoisotopic (exact) mass is 301 g/mol. The van der Waals surface area contributed by atoms with Gasteiger partial charge < -0.3 is 5.73 Å². The zero-order chi connectivity index (χ0) is 14.0. The third-order valence-corrected chi connectivity index (χ3v) is 3.42. The van der Waals surface area contributed by atoms with E-state index in [1.807, 2.05) is 0 Å². The Morgan fingerprint density at radius 3 is 2.47 bits per heavy atom. The van der Waals surface area contributed by atoms with Crippen LogP contribution < -0.4 is 5.73 Å². The molecule has 0 radical (unpaired) electrons. The van der Waals surface area contributed by atoms with E-state index < -0.39 is 17.7 Å². The Labute approximate surface area is 119 Å². The molecule has 0 fully saturated rings. The predicted molar refractivity (Wildman–Crippen MR) is 73.5 cm³/mol. The van der Waals surface area contributed by atoms with E-state index in [1.165, 1.54) is 18.2 Å². The third-order valence-electron chi connectivity index (χ3n) is 2.82. The zero-order valence-corrected chi connectivity index (χ0v) is 11.3. The fourth-order valence-corrected chi connectivity index (χ4v) is 2.14. The number of nitrogens with two attached hydrogens (primary N) is 1. The molecule has 2 N–H and O–H groups in total. The number of hydrogen-bond donors (Lipinski definition) is 1. The SMILES string of the molecule is NC(Cc1ccc(Cl)c(F)c1)c1cccc(Cl)c1F. The van der Waals surface area contributed by atoms with Crippen LogP contribution in [0.5, 0.6) is 0 Å². The molecule has 0 aliphatic rings. The lowest BCUT2D eigenvalue weighted by Crippen LogP contribution is -2.15. The molecule has 5 heteroatoms. The molecule has 0 aromatic heterocycles. The first-order valence-electron chi connectivity index (χ1n) is 5.62. The molecule has 100 valence electrons. The Morgan fingerprint density at radius 2 is 1.79 bits per heavy atom. The molecule has 0 saturated carbocycles. The van der Waals surface area contributed by atoms with Crippen LogP contribution in [0.1, 0.15) is 17.2 Å². The first-order chi connectivity index (χ1) is 8.99. The Hall–Kier alpha value is -1.16. The lowest BCUT2D eigenvalue weighted by atomic mass is 9.99. The topological polar surface area (TPSA) is 26.0 Å². The first-order valence-corrected chi connectivity index (χ1v) is 6.38. The minimum atomic E-state index is -0.598. The van der Waals surface area contributed by atoms with Crippen molar-refractivity contribution in [1.29, 1.82) is 0 Å². The van der Waals surface area contributed by atoms with Crippen molar-refractivity contribution in [2.24, 2.45) is 5.73 Å². The summed E-state index contributed by atoms with van der Waals surface area (Å²) in [6.07, 6.45) is 0.297. The van der Waals surface area contributed by atoms with E-state index in [1.54, 1.807) is 18.2 Å². The van der Waals surface area contributed by atoms with Crippen molar-refractivity contribution in [1.82, 2.24) is 0 Å². The summed E-state index contributed by atoms with van der Waals surface area (Å²) < 4.78 is 27.1. The van der Waals surface area contributed by atoms with Crippen molar-refractivity contribution < 1.29 is 8.78 Å². The highest BCUT2D eigenvalue weighted by Crippen LogP contribution is 2.25. The molecule has 1 nitrogen and oxygen atoms in total. The molecule has 19 heavy (non-hydrogen) atoms. The number of benzene rings is 2. The van der Waals surface area contributed by atoms with Gasteiger partial charge in [0.05, 0.1) is 10.0 Å². The van der Waals surface area contributed by atoms with Crippen molar-refractivity contribution in [2.75, 3.05) is 0 Å². The summed E-state index contributed by atoms with van der Waals surface area (Å²) in [5.41, 5.74) is 6.89. The maximum Gasteiger partial charge on any atom is 0.146 e. The normalized spacial score (nSPS) is 12.5. The Morgan fingerprint density at radius 1 is 1.05 bits per heavy atom. The van der Waals surface area contributed by atoms with Gasteiger partial charge in [-0.3, -0.25) is 0 Å². The second-order valence-electron chi connectivity index (χ2n) is 4.20. The quantitative estimate of drug-likeness (QED) is 0.886. The van der Waals surface area contributed by atoms with E-state index in [0.717, 1.165) is 0 Å². The van der Waals surface area contributed by atoms with E-state index in [9.17, 15) is 8.78 Å². The molecule has 2 aromatic rings. The molecule has 0 bridgehead atoms. The molecule has 0 amide bonds. The van der Waals surface area contributed by atoms with Crippen molar-refractivity contribution in [3.63, 3.8) is 0 Å². The minimum Gasteiger partial charge on any atom is -0.324 e. The van der Waals surface area contributed by atoms with Gasteiger partial charge in [0, 0.05) is 11.6 Å². The number of halogens is 4. The Bertz CT molecular complexity index is 602. The second-order valence-corrected chi connectivity index (χ2v) is 5.02. The molecular weight excluding hydrogens is 291 g/mol. The molecule has 0 heterocycles.